The van der Waals surface area contributed by atoms with Crippen molar-refractivity contribution in [1.29, 1.82) is 0 Å². The van der Waals surface area contributed by atoms with Crippen LogP contribution in [0.4, 0.5) is 0 Å². The van der Waals surface area contributed by atoms with Gasteiger partial charge in [0.25, 0.3) is 0 Å². The Hall–Kier alpha value is -1.06. The zero-order valence-electron chi connectivity index (χ0n) is 14.5. The van der Waals surface area contributed by atoms with E-state index in [1.54, 1.807) is 0 Å². The minimum absolute atomic E-state index is 0.139. The van der Waals surface area contributed by atoms with E-state index in [2.05, 4.69) is 27.7 Å². The molecule has 0 aliphatic carbocycles. The van der Waals surface area contributed by atoms with Gasteiger partial charge in [0.2, 0.25) is 0 Å². The van der Waals surface area contributed by atoms with E-state index in [1.807, 2.05) is 30.3 Å². The van der Waals surface area contributed by atoms with E-state index in [-0.39, 0.29) is 17.2 Å². The first kappa shape index (κ1) is 17.3. The molecular formula is C19H31NO2. The Bertz CT molecular complexity index is 430. The standard InChI is InChI=1S/C19H31NO2/c1-5-18(6-2)14-17(22-16-12-10-9-11-13-16)15-19(7-3,8-4)20(18)21/h9-13,17,20H,5-8,14-15H2,1-4H3. The van der Waals surface area contributed by atoms with Gasteiger partial charge in [0.15, 0.2) is 0 Å². The Morgan fingerprint density at radius 1 is 0.955 bits per heavy atom. The summed E-state index contributed by atoms with van der Waals surface area (Å²) in [6.07, 6.45) is 5.51. The van der Waals surface area contributed by atoms with Crippen LogP contribution >= 0.6 is 0 Å². The van der Waals surface area contributed by atoms with Crippen LogP contribution in [0.5, 0.6) is 5.75 Å². The molecule has 1 aromatic carbocycles. The summed E-state index contributed by atoms with van der Waals surface area (Å²) in [5.41, 5.74) is -0.409. The lowest BCUT2D eigenvalue weighted by atomic mass is 9.72. The molecule has 0 radical (unpaired) electrons. The first-order valence-corrected chi connectivity index (χ1v) is 8.82. The molecular weight excluding hydrogens is 274 g/mol. The molecule has 2 rings (SSSR count). The Morgan fingerprint density at radius 3 is 1.82 bits per heavy atom. The van der Waals surface area contributed by atoms with Gasteiger partial charge in [0.05, 0.1) is 0 Å². The quantitative estimate of drug-likeness (QED) is 0.813. The van der Waals surface area contributed by atoms with Gasteiger partial charge in [-0.15, -0.1) is 0 Å². The summed E-state index contributed by atoms with van der Waals surface area (Å²) in [6.45, 7) is 8.62. The second-order valence-corrected chi connectivity index (χ2v) is 6.77. The third-order valence-electron chi connectivity index (χ3n) is 5.95. The summed E-state index contributed by atoms with van der Waals surface area (Å²) in [4.78, 5) is 0. The molecule has 0 spiro atoms. The van der Waals surface area contributed by atoms with Gasteiger partial charge in [0, 0.05) is 12.8 Å². The van der Waals surface area contributed by atoms with Crippen LogP contribution in [0.2, 0.25) is 0 Å². The van der Waals surface area contributed by atoms with Crippen LogP contribution in [0.15, 0.2) is 30.3 Å². The monoisotopic (exact) mass is 305 g/mol. The number of nitrogens with one attached hydrogen (secondary N) is 1. The van der Waals surface area contributed by atoms with Gasteiger partial charge < -0.3 is 15.0 Å². The molecule has 0 aromatic heterocycles. The van der Waals surface area contributed by atoms with Crippen molar-refractivity contribution in [2.45, 2.75) is 83.4 Å². The highest BCUT2D eigenvalue weighted by Crippen LogP contribution is 2.34. The fraction of sp³-hybridized carbons (Fsp3) is 0.684. The Balaban J connectivity index is 2.28. The van der Waals surface area contributed by atoms with Crippen molar-refractivity contribution in [3.8, 4) is 5.75 Å². The zero-order chi connectivity index (χ0) is 16.2. The fourth-order valence-electron chi connectivity index (χ4n) is 4.19. The van der Waals surface area contributed by atoms with Crippen molar-refractivity contribution >= 4 is 0 Å². The van der Waals surface area contributed by atoms with Crippen molar-refractivity contribution in [3.63, 3.8) is 0 Å². The Labute approximate surface area is 135 Å². The first-order valence-electron chi connectivity index (χ1n) is 8.82. The maximum atomic E-state index is 13.2. The molecule has 1 aromatic rings. The predicted octanol–water partition coefficient (Wildman–Crippen LogP) is 3.73. The van der Waals surface area contributed by atoms with Gasteiger partial charge in [-0.3, -0.25) is 0 Å². The SMILES string of the molecule is CCC1(CC)CC(Oc2ccccc2)CC(CC)(CC)[NH+]1[O-]. The topological polar surface area (TPSA) is 36.7 Å². The molecule has 3 heteroatoms. The van der Waals surface area contributed by atoms with Crippen LogP contribution in [-0.2, 0) is 0 Å². The highest BCUT2D eigenvalue weighted by molar-refractivity contribution is 5.21. The number of hydrogen-bond donors (Lipinski definition) is 1. The molecule has 1 saturated heterocycles. The number of ether oxygens (including phenoxy) is 1. The predicted molar refractivity (Wildman–Crippen MR) is 91.0 cm³/mol. The molecule has 0 unspecified atom stereocenters. The molecule has 0 saturated carbocycles. The average molecular weight is 305 g/mol. The lowest BCUT2D eigenvalue weighted by Gasteiger charge is -2.58. The van der Waals surface area contributed by atoms with Crippen LogP contribution < -0.4 is 9.80 Å². The molecule has 1 N–H and O–H groups in total. The lowest BCUT2D eigenvalue weighted by Crippen LogP contribution is -3.25. The van der Waals surface area contributed by atoms with E-state index in [0.717, 1.165) is 44.3 Å². The number of rotatable bonds is 6. The summed E-state index contributed by atoms with van der Waals surface area (Å²) >= 11 is 0. The third kappa shape index (κ3) is 3.02. The molecule has 0 atom stereocenters. The molecule has 0 amide bonds. The van der Waals surface area contributed by atoms with E-state index in [9.17, 15) is 5.21 Å². The average Bonchev–Trinajstić information content (AvgIpc) is 2.57. The van der Waals surface area contributed by atoms with Gasteiger partial charge in [-0.05, 0) is 37.8 Å². The molecule has 1 aliphatic heterocycles. The maximum absolute atomic E-state index is 13.2. The summed E-state index contributed by atoms with van der Waals surface area (Å²) in [7, 11) is 0. The Morgan fingerprint density at radius 2 is 1.41 bits per heavy atom. The minimum atomic E-state index is -0.205. The van der Waals surface area contributed by atoms with Crippen LogP contribution in [0.1, 0.15) is 66.2 Å². The normalized spacial score (nSPS) is 26.6. The van der Waals surface area contributed by atoms with Gasteiger partial charge in [0.1, 0.15) is 22.9 Å². The third-order valence-corrected chi connectivity index (χ3v) is 5.95. The number of benzene rings is 1. The van der Waals surface area contributed by atoms with Crippen molar-refractivity contribution in [3.05, 3.63) is 35.5 Å². The van der Waals surface area contributed by atoms with Gasteiger partial charge >= 0.3 is 0 Å². The lowest BCUT2D eigenvalue weighted by molar-refractivity contribution is -0.966. The molecule has 0 bridgehead atoms. The van der Waals surface area contributed by atoms with Crippen molar-refractivity contribution < 1.29 is 9.80 Å². The van der Waals surface area contributed by atoms with E-state index >= 15 is 0 Å². The van der Waals surface area contributed by atoms with Crippen molar-refractivity contribution in [1.82, 2.24) is 0 Å². The molecule has 3 nitrogen and oxygen atoms in total. The van der Waals surface area contributed by atoms with Crippen LogP contribution in [0, 0.1) is 5.21 Å². The van der Waals surface area contributed by atoms with Gasteiger partial charge in [-0.2, -0.15) is 0 Å². The van der Waals surface area contributed by atoms with E-state index in [1.165, 1.54) is 0 Å². The number of hydrogen-bond acceptors (Lipinski definition) is 2. The molecule has 1 heterocycles. The summed E-state index contributed by atoms with van der Waals surface area (Å²) in [5, 5.41) is 13.7. The fourth-order valence-corrected chi connectivity index (χ4v) is 4.19. The molecule has 22 heavy (non-hydrogen) atoms. The molecule has 124 valence electrons. The first-order chi connectivity index (χ1) is 10.6. The second kappa shape index (κ2) is 7.01. The smallest absolute Gasteiger partial charge is 0.119 e. The number of hydroxylamine groups is 2. The maximum Gasteiger partial charge on any atom is 0.119 e. The zero-order valence-corrected chi connectivity index (χ0v) is 14.5. The second-order valence-electron chi connectivity index (χ2n) is 6.77. The van der Waals surface area contributed by atoms with Crippen LogP contribution in [0.3, 0.4) is 0 Å². The van der Waals surface area contributed by atoms with Gasteiger partial charge in [-0.25, -0.2) is 0 Å². The van der Waals surface area contributed by atoms with E-state index < -0.39 is 0 Å². The summed E-state index contributed by atoms with van der Waals surface area (Å²) in [5.74, 6) is 0.920. The van der Waals surface area contributed by atoms with Crippen LogP contribution in [0.25, 0.3) is 0 Å². The molecule has 1 aliphatic rings. The highest BCUT2D eigenvalue weighted by Gasteiger charge is 2.52. The number of quaternary nitrogens is 1. The highest BCUT2D eigenvalue weighted by atomic mass is 16.5. The number of piperidine rings is 1. The van der Waals surface area contributed by atoms with Crippen molar-refractivity contribution in [2.24, 2.45) is 0 Å². The molecule has 1 fully saturated rings. The van der Waals surface area contributed by atoms with E-state index in [4.69, 9.17) is 4.74 Å². The minimum Gasteiger partial charge on any atom is -0.633 e. The summed E-state index contributed by atoms with van der Waals surface area (Å²) < 4.78 is 6.27. The van der Waals surface area contributed by atoms with Gasteiger partial charge in [-0.1, -0.05) is 45.9 Å². The van der Waals surface area contributed by atoms with Crippen LogP contribution in [-0.4, -0.2) is 17.2 Å². The summed E-state index contributed by atoms with van der Waals surface area (Å²) in [6, 6.07) is 10.0. The van der Waals surface area contributed by atoms with E-state index in [0.29, 0.717) is 5.06 Å². The Kier molecular flexibility index (Phi) is 5.51. The number of para-hydroxylation sites is 1. The van der Waals surface area contributed by atoms with Crippen molar-refractivity contribution in [2.75, 3.05) is 0 Å². The largest absolute Gasteiger partial charge is 0.633 e.